The Hall–Kier alpha value is -1.82. The third-order valence-corrected chi connectivity index (χ3v) is 3.11. The lowest BCUT2D eigenvalue weighted by molar-refractivity contribution is 0.185. The smallest absolute Gasteiger partial charge is 0.317 e. The lowest BCUT2D eigenvalue weighted by atomic mass is 10.3. The minimum atomic E-state index is -0.0706. The zero-order chi connectivity index (χ0) is 13.7. The lowest BCUT2D eigenvalue weighted by Gasteiger charge is -2.20. The van der Waals surface area contributed by atoms with Crippen LogP contribution in [0.5, 0.6) is 5.75 Å². The summed E-state index contributed by atoms with van der Waals surface area (Å²) in [6.07, 6.45) is 4.27. The number of nitrogens with zero attached hydrogens (tertiary/aromatic N) is 2. The average molecular weight is 264 g/mol. The molecular weight excluding hydrogens is 244 g/mol. The number of urea groups is 1. The highest BCUT2D eigenvalue weighted by Crippen LogP contribution is 2.17. The van der Waals surface area contributed by atoms with Crippen LogP contribution < -0.4 is 15.8 Å². The quantitative estimate of drug-likeness (QED) is 0.834. The number of hydrogen-bond acceptors (Lipinski definition) is 4. The first-order valence-electron chi connectivity index (χ1n) is 6.51. The highest BCUT2D eigenvalue weighted by atomic mass is 16.5. The van der Waals surface area contributed by atoms with Crippen LogP contribution in [0, 0.1) is 0 Å². The van der Waals surface area contributed by atoms with Crippen molar-refractivity contribution in [2.24, 2.45) is 5.73 Å². The number of rotatable bonds is 4. The van der Waals surface area contributed by atoms with E-state index >= 15 is 0 Å². The molecule has 1 aliphatic rings. The molecule has 1 fully saturated rings. The summed E-state index contributed by atoms with van der Waals surface area (Å²) < 4.78 is 5.80. The third-order valence-electron chi connectivity index (χ3n) is 3.11. The van der Waals surface area contributed by atoms with E-state index in [0.29, 0.717) is 19.6 Å². The molecule has 6 nitrogen and oxygen atoms in total. The van der Waals surface area contributed by atoms with Gasteiger partial charge in [0, 0.05) is 37.9 Å². The van der Waals surface area contributed by atoms with E-state index in [-0.39, 0.29) is 18.2 Å². The number of ether oxygens (including phenoxy) is 1. The van der Waals surface area contributed by atoms with Crippen molar-refractivity contribution >= 4 is 6.03 Å². The van der Waals surface area contributed by atoms with Gasteiger partial charge in [0.25, 0.3) is 0 Å². The summed E-state index contributed by atoms with van der Waals surface area (Å²) in [5, 5.41) is 2.85. The first-order valence-corrected chi connectivity index (χ1v) is 6.51. The summed E-state index contributed by atoms with van der Waals surface area (Å²) >= 11 is 0. The summed E-state index contributed by atoms with van der Waals surface area (Å²) in [4.78, 5) is 17.6. The maximum absolute atomic E-state index is 11.9. The van der Waals surface area contributed by atoms with Gasteiger partial charge in [-0.3, -0.25) is 4.98 Å². The van der Waals surface area contributed by atoms with Crippen molar-refractivity contribution in [1.82, 2.24) is 15.2 Å². The van der Waals surface area contributed by atoms with Crippen LogP contribution in [0.25, 0.3) is 0 Å². The molecule has 19 heavy (non-hydrogen) atoms. The first kappa shape index (κ1) is 13.6. The Labute approximate surface area is 112 Å². The molecule has 0 unspecified atom stereocenters. The van der Waals surface area contributed by atoms with E-state index in [4.69, 9.17) is 10.5 Å². The van der Waals surface area contributed by atoms with Crippen molar-refractivity contribution in [2.45, 2.75) is 25.5 Å². The van der Waals surface area contributed by atoms with Gasteiger partial charge in [0.05, 0.1) is 6.54 Å². The van der Waals surface area contributed by atoms with Crippen LogP contribution in [0.4, 0.5) is 4.79 Å². The number of aromatic nitrogens is 1. The fourth-order valence-electron chi connectivity index (χ4n) is 1.98. The Morgan fingerprint density at radius 2 is 2.37 bits per heavy atom. The minimum Gasteiger partial charge on any atom is -0.488 e. The summed E-state index contributed by atoms with van der Waals surface area (Å²) in [5.74, 6) is 0.789. The van der Waals surface area contributed by atoms with Gasteiger partial charge in [-0.25, -0.2) is 4.79 Å². The predicted octanol–water partition coefficient (Wildman–Crippen LogP) is 0.591. The molecule has 1 aromatic rings. The number of hydrogen-bond donors (Lipinski definition) is 2. The number of likely N-dealkylation sites (tertiary alicyclic amines) is 1. The molecule has 0 spiro atoms. The highest BCUT2D eigenvalue weighted by molar-refractivity contribution is 5.74. The van der Waals surface area contributed by atoms with E-state index < -0.39 is 0 Å². The van der Waals surface area contributed by atoms with Gasteiger partial charge in [-0.1, -0.05) is 0 Å². The van der Waals surface area contributed by atoms with E-state index in [2.05, 4.69) is 10.3 Å². The van der Waals surface area contributed by atoms with Gasteiger partial charge in [0.15, 0.2) is 0 Å². The molecule has 2 atom stereocenters. The van der Waals surface area contributed by atoms with E-state index in [1.54, 1.807) is 17.3 Å². The molecule has 0 aliphatic carbocycles. The normalized spacial score (nSPS) is 20.1. The fraction of sp³-hybridized carbons (Fsp3) is 0.538. The molecule has 2 rings (SSSR count). The summed E-state index contributed by atoms with van der Waals surface area (Å²) in [5.41, 5.74) is 5.48. The van der Waals surface area contributed by atoms with E-state index in [1.165, 1.54) is 0 Å². The Bertz CT molecular complexity index is 412. The standard InChI is InChI=1S/C13H20N4O2/c1-10(8-14)16-13(18)17-7-4-12(9-17)19-11-2-5-15-6-3-11/h2-3,5-6,10,12H,4,7-9,14H2,1H3,(H,16,18)/t10-,12-/m1/s1. The van der Waals surface area contributed by atoms with Crippen LogP contribution in [0.15, 0.2) is 24.5 Å². The Morgan fingerprint density at radius 1 is 1.63 bits per heavy atom. The van der Waals surface area contributed by atoms with Gasteiger partial charge in [-0.15, -0.1) is 0 Å². The van der Waals surface area contributed by atoms with Crippen molar-refractivity contribution < 1.29 is 9.53 Å². The van der Waals surface area contributed by atoms with Crippen LogP contribution in [0.2, 0.25) is 0 Å². The Kier molecular flexibility index (Phi) is 4.57. The maximum Gasteiger partial charge on any atom is 0.317 e. The van der Waals surface area contributed by atoms with Crippen molar-refractivity contribution in [3.8, 4) is 5.75 Å². The minimum absolute atomic E-state index is 0.00679. The maximum atomic E-state index is 11.9. The van der Waals surface area contributed by atoms with Crippen molar-refractivity contribution in [2.75, 3.05) is 19.6 Å². The highest BCUT2D eigenvalue weighted by Gasteiger charge is 2.27. The second-order valence-electron chi connectivity index (χ2n) is 4.74. The molecular formula is C13H20N4O2. The average Bonchev–Trinajstić information content (AvgIpc) is 2.88. The van der Waals surface area contributed by atoms with E-state index in [0.717, 1.165) is 12.2 Å². The summed E-state index contributed by atoms with van der Waals surface area (Å²) in [6.45, 7) is 3.64. The second kappa shape index (κ2) is 6.38. The van der Waals surface area contributed by atoms with Gasteiger partial charge in [-0.05, 0) is 19.1 Å². The predicted molar refractivity (Wildman–Crippen MR) is 71.9 cm³/mol. The zero-order valence-electron chi connectivity index (χ0n) is 11.1. The molecule has 3 N–H and O–H groups in total. The molecule has 0 saturated carbocycles. The molecule has 1 aliphatic heterocycles. The van der Waals surface area contributed by atoms with Crippen LogP contribution in [0.3, 0.4) is 0 Å². The molecule has 1 saturated heterocycles. The number of nitrogens with two attached hydrogens (primary N) is 1. The molecule has 104 valence electrons. The van der Waals surface area contributed by atoms with Crippen molar-refractivity contribution in [3.05, 3.63) is 24.5 Å². The first-order chi connectivity index (χ1) is 9.19. The van der Waals surface area contributed by atoms with Crippen molar-refractivity contribution in [3.63, 3.8) is 0 Å². The van der Waals surface area contributed by atoms with Gasteiger partial charge in [-0.2, -0.15) is 0 Å². The second-order valence-corrected chi connectivity index (χ2v) is 4.74. The van der Waals surface area contributed by atoms with Gasteiger partial charge < -0.3 is 20.7 Å². The summed E-state index contributed by atoms with van der Waals surface area (Å²) in [6, 6.07) is 3.56. The number of carbonyl (C=O) groups excluding carboxylic acids is 1. The summed E-state index contributed by atoms with van der Waals surface area (Å²) in [7, 11) is 0. The topological polar surface area (TPSA) is 80.5 Å². The zero-order valence-corrected chi connectivity index (χ0v) is 11.1. The molecule has 1 aromatic heterocycles. The number of pyridine rings is 1. The monoisotopic (exact) mass is 264 g/mol. The van der Waals surface area contributed by atoms with Gasteiger partial charge >= 0.3 is 6.03 Å². The molecule has 2 amide bonds. The SMILES string of the molecule is C[C@H](CN)NC(=O)N1CC[C@@H](Oc2ccncc2)C1. The third kappa shape index (κ3) is 3.82. The van der Waals surface area contributed by atoms with Gasteiger partial charge in [0.1, 0.15) is 11.9 Å². The number of nitrogens with one attached hydrogen (secondary N) is 1. The van der Waals surface area contributed by atoms with Crippen LogP contribution in [-0.2, 0) is 0 Å². The molecule has 6 heteroatoms. The molecule has 0 aromatic carbocycles. The number of amides is 2. The van der Waals surface area contributed by atoms with E-state index in [9.17, 15) is 4.79 Å². The van der Waals surface area contributed by atoms with Crippen LogP contribution >= 0.6 is 0 Å². The molecule has 0 bridgehead atoms. The van der Waals surface area contributed by atoms with Crippen molar-refractivity contribution in [1.29, 1.82) is 0 Å². The number of carbonyl (C=O) groups is 1. The Balaban J connectivity index is 1.81. The fourth-order valence-corrected chi connectivity index (χ4v) is 1.98. The van der Waals surface area contributed by atoms with Gasteiger partial charge in [0.2, 0.25) is 0 Å². The van der Waals surface area contributed by atoms with Crippen LogP contribution in [0.1, 0.15) is 13.3 Å². The lowest BCUT2D eigenvalue weighted by Crippen LogP contribution is -2.45. The largest absolute Gasteiger partial charge is 0.488 e. The molecule has 2 heterocycles. The Morgan fingerprint density at radius 3 is 3.05 bits per heavy atom. The van der Waals surface area contributed by atoms with Crippen LogP contribution in [-0.4, -0.2) is 47.7 Å². The molecule has 0 radical (unpaired) electrons. The van der Waals surface area contributed by atoms with E-state index in [1.807, 2.05) is 19.1 Å².